The van der Waals surface area contributed by atoms with E-state index in [4.69, 9.17) is 17.3 Å². The van der Waals surface area contributed by atoms with Crippen LogP contribution in [-0.4, -0.2) is 33.6 Å². The van der Waals surface area contributed by atoms with E-state index in [-0.39, 0.29) is 5.02 Å². The van der Waals surface area contributed by atoms with E-state index in [1.54, 1.807) is 0 Å². The van der Waals surface area contributed by atoms with E-state index in [1.165, 1.54) is 25.0 Å². The van der Waals surface area contributed by atoms with E-state index >= 15 is 0 Å². The Morgan fingerprint density at radius 2 is 2.25 bits per heavy atom. The van der Waals surface area contributed by atoms with Gasteiger partial charge >= 0.3 is 0 Å². The fourth-order valence-corrected chi connectivity index (χ4v) is 2.72. The van der Waals surface area contributed by atoms with Crippen molar-refractivity contribution in [2.24, 2.45) is 0 Å². The first-order valence-electron chi connectivity index (χ1n) is 6.80. The summed E-state index contributed by atoms with van der Waals surface area (Å²) in [6, 6.07) is 3.92. The third-order valence-electron chi connectivity index (χ3n) is 4.08. The predicted octanol–water partition coefficient (Wildman–Crippen LogP) is 2.89. The average Bonchev–Trinajstić information content (AvgIpc) is 3.19. The monoisotopic (exact) mass is 296 g/mol. The third kappa shape index (κ3) is 2.36. The standard InChI is InChI=1S/C14H18ClFN4/c1-8(19(2)9-3-4-9)7-20-13-6-11(16)10(15)5-12(13)18-14(20)17/h5-6,8-9H,3-4,7H2,1-2H3,(H2,17,18). The quantitative estimate of drug-likeness (QED) is 0.944. The van der Waals surface area contributed by atoms with Gasteiger partial charge in [0.05, 0.1) is 16.1 Å². The number of aromatic nitrogens is 2. The summed E-state index contributed by atoms with van der Waals surface area (Å²) in [6.45, 7) is 2.84. The lowest BCUT2D eigenvalue weighted by Crippen LogP contribution is -2.34. The van der Waals surface area contributed by atoms with Crippen molar-refractivity contribution in [3.63, 3.8) is 0 Å². The second-order valence-corrected chi connectivity index (χ2v) is 5.99. The van der Waals surface area contributed by atoms with Crippen LogP contribution in [0.5, 0.6) is 0 Å². The molecule has 3 rings (SSSR count). The summed E-state index contributed by atoms with van der Waals surface area (Å²) in [5.74, 6) is -0.0405. The number of halogens is 2. The van der Waals surface area contributed by atoms with Crippen LogP contribution in [-0.2, 0) is 6.54 Å². The number of likely N-dealkylation sites (N-methyl/N-ethyl adjacent to an activating group) is 1. The molecule has 2 N–H and O–H groups in total. The summed E-state index contributed by atoms with van der Waals surface area (Å²) in [5, 5.41) is 0.0743. The molecule has 1 unspecified atom stereocenters. The van der Waals surface area contributed by atoms with Gasteiger partial charge < -0.3 is 10.3 Å². The molecule has 20 heavy (non-hydrogen) atoms. The first-order chi connectivity index (χ1) is 9.47. The summed E-state index contributed by atoms with van der Waals surface area (Å²) in [5.41, 5.74) is 7.29. The molecule has 2 aromatic rings. The first kappa shape index (κ1) is 13.6. The molecule has 1 aromatic carbocycles. The summed E-state index contributed by atoms with van der Waals surface area (Å²) < 4.78 is 15.5. The Hall–Kier alpha value is -1.33. The highest BCUT2D eigenvalue weighted by atomic mass is 35.5. The maximum atomic E-state index is 13.6. The van der Waals surface area contributed by atoms with Crippen LogP contribution in [0.15, 0.2) is 12.1 Å². The van der Waals surface area contributed by atoms with Gasteiger partial charge in [-0.25, -0.2) is 9.37 Å². The minimum absolute atomic E-state index is 0.0743. The fourth-order valence-electron chi connectivity index (χ4n) is 2.57. The number of nitrogens with zero attached hydrogens (tertiary/aromatic N) is 3. The highest BCUT2D eigenvalue weighted by Gasteiger charge is 2.29. The smallest absolute Gasteiger partial charge is 0.201 e. The van der Waals surface area contributed by atoms with E-state index in [9.17, 15) is 4.39 Å². The Labute approximate surface area is 122 Å². The van der Waals surface area contributed by atoms with Crippen LogP contribution in [0.3, 0.4) is 0 Å². The zero-order chi connectivity index (χ0) is 14.4. The molecule has 1 fully saturated rings. The zero-order valence-corrected chi connectivity index (χ0v) is 12.4. The van der Waals surface area contributed by atoms with Crippen molar-refractivity contribution in [3.05, 3.63) is 23.0 Å². The number of imidazole rings is 1. The molecule has 1 heterocycles. The number of hydrogen-bond acceptors (Lipinski definition) is 3. The molecule has 0 saturated heterocycles. The van der Waals surface area contributed by atoms with Gasteiger partial charge in [0.15, 0.2) is 0 Å². The number of rotatable bonds is 4. The van der Waals surface area contributed by atoms with Gasteiger partial charge in [-0.15, -0.1) is 0 Å². The van der Waals surface area contributed by atoms with Crippen LogP contribution in [0.2, 0.25) is 5.02 Å². The topological polar surface area (TPSA) is 47.1 Å². The van der Waals surface area contributed by atoms with Crippen LogP contribution in [0.4, 0.5) is 10.3 Å². The number of nitrogen functional groups attached to an aromatic ring is 1. The molecule has 0 aliphatic heterocycles. The molecule has 1 saturated carbocycles. The number of benzene rings is 1. The maximum Gasteiger partial charge on any atom is 0.201 e. The summed E-state index contributed by atoms with van der Waals surface area (Å²) in [4.78, 5) is 6.60. The van der Waals surface area contributed by atoms with Crippen LogP contribution >= 0.6 is 11.6 Å². The first-order valence-corrected chi connectivity index (χ1v) is 7.18. The van der Waals surface area contributed by atoms with Crippen LogP contribution in [0.1, 0.15) is 19.8 Å². The highest BCUT2D eigenvalue weighted by molar-refractivity contribution is 6.31. The highest BCUT2D eigenvalue weighted by Crippen LogP contribution is 2.29. The Morgan fingerprint density at radius 3 is 2.90 bits per heavy atom. The van der Waals surface area contributed by atoms with Gasteiger partial charge in [-0.2, -0.15) is 0 Å². The second-order valence-electron chi connectivity index (χ2n) is 5.58. The molecule has 108 valence electrons. The van der Waals surface area contributed by atoms with Crippen LogP contribution in [0, 0.1) is 5.82 Å². The largest absolute Gasteiger partial charge is 0.369 e. The molecule has 0 radical (unpaired) electrons. The lowest BCUT2D eigenvalue weighted by molar-refractivity contribution is 0.228. The Bertz CT molecular complexity index is 650. The van der Waals surface area contributed by atoms with Crippen molar-refractivity contribution in [1.29, 1.82) is 0 Å². The van der Waals surface area contributed by atoms with Gasteiger partial charge in [0.2, 0.25) is 5.95 Å². The lowest BCUT2D eigenvalue weighted by Gasteiger charge is -2.25. The fraction of sp³-hybridized carbons (Fsp3) is 0.500. The minimum Gasteiger partial charge on any atom is -0.369 e. The zero-order valence-electron chi connectivity index (χ0n) is 11.6. The molecule has 6 heteroatoms. The van der Waals surface area contributed by atoms with E-state index in [2.05, 4.69) is 23.9 Å². The Kier molecular flexibility index (Phi) is 3.34. The van der Waals surface area contributed by atoms with Crippen LogP contribution < -0.4 is 5.73 Å². The molecule has 1 aliphatic rings. The molecule has 1 aromatic heterocycles. The van der Waals surface area contributed by atoms with E-state index < -0.39 is 5.82 Å². The van der Waals surface area contributed by atoms with Gasteiger partial charge in [-0.3, -0.25) is 4.90 Å². The number of anilines is 1. The van der Waals surface area contributed by atoms with Gasteiger partial charge in [0.25, 0.3) is 0 Å². The minimum atomic E-state index is -0.441. The van der Waals surface area contributed by atoms with Gasteiger partial charge in [-0.05, 0) is 32.9 Å². The van der Waals surface area contributed by atoms with Gasteiger partial charge in [-0.1, -0.05) is 11.6 Å². The van der Waals surface area contributed by atoms with E-state index in [0.29, 0.717) is 35.6 Å². The molecule has 4 nitrogen and oxygen atoms in total. The molecule has 1 aliphatic carbocycles. The molecular formula is C14H18ClFN4. The summed E-state index contributed by atoms with van der Waals surface area (Å²) in [7, 11) is 2.12. The number of nitrogens with two attached hydrogens (primary N) is 1. The molecular weight excluding hydrogens is 279 g/mol. The van der Waals surface area contributed by atoms with Crippen molar-refractivity contribution in [2.45, 2.75) is 38.4 Å². The van der Waals surface area contributed by atoms with Crippen LogP contribution in [0.25, 0.3) is 11.0 Å². The van der Waals surface area contributed by atoms with Crippen molar-refractivity contribution < 1.29 is 4.39 Å². The van der Waals surface area contributed by atoms with Crippen molar-refractivity contribution >= 4 is 28.6 Å². The van der Waals surface area contributed by atoms with Gasteiger partial charge in [0.1, 0.15) is 5.82 Å². The van der Waals surface area contributed by atoms with Crippen molar-refractivity contribution in [3.8, 4) is 0 Å². The van der Waals surface area contributed by atoms with Crippen molar-refractivity contribution in [2.75, 3.05) is 12.8 Å². The second kappa shape index (κ2) is 4.90. The van der Waals surface area contributed by atoms with E-state index in [0.717, 1.165) is 0 Å². The predicted molar refractivity (Wildman–Crippen MR) is 79.4 cm³/mol. The average molecular weight is 297 g/mol. The Morgan fingerprint density at radius 1 is 1.55 bits per heavy atom. The van der Waals surface area contributed by atoms with Crippen molar-refractivity contribution in [1.82, 2.24) is 14.5 Å². The molecule has 1 atom stereocenters. The van der Waals surface area contributed by atoms with E-state index in [1.807, 2.05) is 4.57 Å². The SMILES string of the molecule is CC(Cn1c(N)nc2cc(Cl)c(F)cc21)N(C)C1CC1. The molecule has 0 spiro atoms. The third-order valence-corrected chi connectivity index (χ3v) is 4.37. The summed E-state index contributed by atoms with van der Waals surface area (Å²) >= 11 is 5.78. The molecule has 0 bridgehead atoms. The van der Waals surface area contributed by atoms with Gasteiger partial charge in [0, 0.05) is 24.7 Å². The summed E-state index contributed by atoms with van der Waals surface area (Å²) in [6.07, 6.45) is 2.51. The number of hydrogen-bond donors (Lipinski definition) is 1. The Balaban J connectivity index is 1.93. The maximum absolute atomic E-state index is 13.6. The molecule has 0 amide bonds. The lowest BCUT2D eigenvalue weighted by atomic mass is 10.2. The number of fused-ring (bicyclic) bond motifs is 1. The normalized spacial score (nSPS) is 17.1.